The van der Waals surface area contributed by atoms with Gasteiger partial charge in [-0.25, -0.2) is 4.79 Å². The lowest BCUT2D eigenvalue weighted by Gasteiger charge is -2.28. The van der Waals surface area contributed by atoms with Gasteiger partial charge in [-0.05, 0) is 73.7 Å². The van der Waals surface area contributed by atoms with Gasteiger partial charge >= 0.3 is 5.97 Å². The Bertz CT molecular complexity index is 764. The standard InChI is InChI=1S/C25H34O2/c1-6-15-25(4,5)23-14-13-22-20(10-7-9-18(2)16-24(26)27)11-8-12-21(22)17-19(23)3/h7,9-10,13,16-17H,6,8,11-12,14-15H2,1-5H3,(H,26,27)/b9-7+,18-16+,20-10-. The number of carbonyl (C=O) groups is 1. The van der Waals surface area contributed by atoms with Gasteiger partial charge in [-0.2, -0.15) is 0 Å². The monoisotopic (exact) mass is 366 g/mol. The lowest BCUT2D eigenvalue weighted by atomic mass is 9.76. The van der Waals surface area contributed by atoms with E-state index in [2.05, 4.69) is 45.9 Å². The largest absolute Gasteiger partial charge is 0.478 e. The van der Waals surface area contributed by atoms with Crippen LogP contribution in [0.15, 0.2) is 69.9 Å². The molecule has 2 nitrogen and oxygen atoms in total. The minimum Gasteiger partial charge on any atom is -0.478 e. The molecule has 0 aromatic carbocycles. The van der Waals surface area contributed by atoms with Crippen molar-refractivity contribution in [3.05, 3.63) is 69.9 Å². The molecule has 0 amide bonds. The van der Waals surface area contributed by atoms with E-state index in [4.69, 9.17) is 5.11 Å². The lowest BCUT2D eigenvalue weighted by molar-refractivity contribution is -0.131. The van der Waals surface area contributed by atoms with E-state index >= 15 is 0 Å². The number of aliphatic carboxylic acids is 1. The molecule has 0 aromatic heterocycles. The molecule has 146 valence electrons. The first-order valence-corrected chi connectivity index (χ1v) is 10.1. The van der Waals surface area contributed by atoms with E-state index in [-0.39, 0.29) is 5.41 Å². The van der Waals surface area contributed by atoms with Crippen LogP contribution in [0, 0.1) is 5.41 Å². The van der Waals surface area contributed by atoms with Crippen LogP contribution in [0.2, 0.25) is 0 Å². The topological polar surface area (TPSA) is 37.3 Å². The van der Waals surface area contributed by atoms with E-state index in [9.17, 15) is 4.79 Å². The zero-order valence-electron chi connectivity index (χ0n) is 17.6. The van der Waals surface area contributed by atoms with E-state index in [0.717, 1.165) is 24.8 Å². The summed E-state index contributed by atoms with van der Waals surface area (Å²) < 4.78 is 0. The molecule has 1 fully saturated rings. The SMILES string of the molecule is CCCC(C)(C)C1=C(C)C=C2CCC/C(=C/C=C/C(C)=C/C(=O)O)C2=CC1. The Morgan fingerprint density at radius 1 is 1.30 bits per heavy atom. The Labute approximate surface area is 164 Å². The highest BCUT2D eigenvalue weighted by Crippen LogP contribution is 2.42. The summed E-state index contributed by atoms with van der Waals surface area (Å²) in [7, 11) is 0. The summed E-state index contributed by atoms with van der Waals surface area (Å²) >= 11 is 0. The summed E-state index contributed by atoms with van der Waals surface area (Å²) in [6.07, 6.45) is 18.9. The number of rotatable bonds is 6. The maximum Gasteiger partial charge on any atom is 0.328 e. The average molecular weight is 367 g/mol. The van der Waals surface area contributed by atoms with E-state index in [1.165, 1.54) is 47.6 Å². The zero-order chi connectivity index (χ0) is 20.0. The van der Waals surface area contributed by atoms with Crippen LogP contribution in [0.25, 0.3) is 0 Å². The normalized spacial score (nSPS) is 20.5. The number of hydrogen-bond donors (Lipinski definition) is 1. The van der Waals surface area contributed by atoms with Gasteiger partial charge in [0.1, 0.15) is 0 Å². The summed E-state index contributed by atoms with van der Waals surface area (Å²) in [5.74, 6) is -0.900. The van der Waals surface area contributed by atoms with Gasteiger partial charge in [0.15, 0.2) is 0 Å². The maximum atomic E-state index is 10.7. The van der Waals surface area contributed by atoms with Gasteiger partial charge in [-0.1, -0.05) is 68.7 Å². The van der Waals surface area contributed by atoms with Crippen molar-refractivity contribution < 1.29 is 9.90 Å². The quantitative estimate of drug-likeness (QED) is 0.403. The Kier molecular flexibility index (Phi) is 7.24. The van der Waals surface area contributed by atoms with Crippen molar-refractivity contribution in [2.45, 2.75) is 73.1 Å². The van der Waals surface area contributed by atoms with Crippen molar-refractivity contribution in [1.29, 1.82) is 0 Å². The number of carboxylic acids is 1. The molecule has 0 aromatic rings. The van der Waals surface area contributed by atoms with Crippen LogP contribution in [-0.4, -0.2) is 11.1 Å². The van der Waals surface area contributed by atoms with Crippen LogP contribution in [0.3, 0.4) is 0 Å². The Balaban J connectivity index is 2.30. The van der Waals surface area contributed by atoms with Crippen LogP contribution in [0.5, 0.6) is 0 Å². The molecule has 0 heterocycles. The molecule has 27 heavy (non-hydrogen) atoms. The molecule has 1 N–H and O–H groups in total. The third kappa shape index (κ3) is 5.69. The van der Waals surface area contributed by atoms with E-state index in [0.29, 0.717) is 0 Å². The van der Waals surface area contributed by atoms with Crippen LogP contribution in [0.1, 0.15) is 73.1 Å². The first kappa shape index (κ1) is 21.2. The first-order chi connectivity index (χ1) is 12.7. The van der Waals surface area contributed by atoms with Gasteiger partial charge in [-0.3, -0.25) is 0 Å². The summed E-state index contributed by atoms with van der Waals surface area (Å²) in [5, 5.41) is 8.82. The van der Waals surface area contributed by atoms with Crippen molar-refractivity contribution in [3.63, 3.8) is 0 Å². The third-order valence-electron chi connectivity index (χ3n) is 5.66. The predicted molar refractivity (Wildman–Crippen MR) is 115 cm³/mol. The molecular weight excluding hydrogens is 332 g/mol. The number of hydrogen-bond acceptors (Lipinski definition) is 1. The Morgan fingerprint density at radius 2 is 2.04 bits per heavy atom. The second-order valence-electron chi connectivity index (χ2n) is 8.42. The molecule has 0 spiro atoms. The molecule has 0 bridgehead atoms. The summed E-state index contributed by atoms with van der Waals surface area (Å²) in [4.78, 5) is 10.7. The van der Waals surface area contributed by atoms with Gasteiger partial charge in [0.2, 0.25) is 0 Å². The van der Waals surface area contributed by atoms with Gasteiger partial charge < -0.3 is 5.11 Å². The highest BCUT2D eigenvalue weighted by atomic mass is 16.4. The molecule has 0 unspecified atom stereocenters. The van der Waals surface area contributed by atoms with Crippen LogP contribution in [-0.2, 0) is 4.79 Å². The summed E-state index contributed by atoms with van der Waals surface area (Å²) in [6, 6.07) is 0. The molecule has 2 aliphatic carbocycles. The van der Waals surface area contributed by atoms with Crippen molar-refractivity contribution >= 4 is 5.97 Å². The minimum atomic E-state index is -0.900. The fraction of sp³-hybridized carbons (Fsp3) is 0.480. The highest BCUT2D eigenvalue weighted by Gasteiger charge is 2.26. The molecule has 1 saturated carbocycles. The molecular formula is C25H34O2. The van der Waals surface area contributed by atoms with Gasteiger partial charge in [0.25, 0.3) is 0 Å². The summed E-state index contributed by atoms with van der Waals surface area (Å²) in [6.45, 7) is 11.1. The smallest absolute Gasteiger partial charge is 0.328 e. The molecule has 0 atom stereocenters. The maximum absolute atomic E-state index is 10.7. The van der Waals surface area contributed by atoms with E-state index < -0.39 is 5.97 Å². The molecule has 0 aliphatic heterocycles. The second kappa shape index (κ2) is 9.21. The zero-order valence-corrected chi connectivity index (χ0v) is 17.6. The fourth-order valence-electron chi connectivity index (χ4n) is 4.39. The van der Waals surface area contributed by atoms with Crippen molar-refractivity contribution in [3.8, 4) is 0 Å². The fourth-order valence-corrected chi connectivity index (χ4v) is 4.39. The molecule has 2 aliphatic rings. The van der Waals surface area contributed by atoms with Crippen LogP contribution >= 0.6 is 0 Å². The van der Waals surface area contributed by atoms with E-state index in [1.807, 2.05) is 19.1 Å². The number of carboxylic acid groups (broad SMARTS) is 1. The van der Waals surface area contributed by atoms with Crippen molar-refractivity contribution in [2.24, 2.45) is 5.41 Å². The molecule has 0 radical (unpaired) electrons. The van der Waals surface area contributed by atoms with Crippen molar-refractivity contribution in [2.75, 3.05) is 0 Å². The third-order valence-corrected chi connectivity index (χ3v) is 5.66. The minimum absolute atomic E-state index is 0.239. The average Bonchev–Trinajstić information content (AvgIpc) is 2.73. The van der Waals surface area contributed by atoms with E-state index in [1.54, 1.807) is 5.57 Å². The van der Waals surface area contributed by atoms with Crippen LogP contribution < -0.4 is 0 Å². The Hall–Kier alpha value is -2.09. The highest BCUT2D eigenvalue weighted by molar-refractivity contribution is 5.81. The van der Waals surface area contributed by atoms with Gasteiger partial charge in [0.05, 0.1) is 0 Å². The number of fused-ring (bicyclic) bond motifs is 1. The summed E-state index contributed by atoms with van der Waals surface area (Å²) in [5.41, 5.74) is 8.21. The second-order valence-corrected chi connectivity index (χ2v) is 8.42. The number of allylic oxidation sites excluding steroid dienone is 11. The predicted octanol–water partition coefficient (Wildman–Crippen LogP) is 7.08. The molecule has 0 saturated heterocycles. The van der Waals surface area contributed by atoms with Crippen LogP contribution in [0.4, 0.5) is 0 Å². The Morgan fingerprint density at radius 3 is 2.70 bits per heavy atom. The molecule has 2 heteroatoms. The van der Waals surface area contributed by atoms with Gasteiger partial charge in [-0.15, -0.1) is 0 Å². The van der Waals surface area contributed by atoms with Gasteiger partial charge in [0, 0.05) is 6.08 Å². The molecule has 2 rings (SSSR count). The van der Waals surface area contributed by atoms with Crippen molar-refractivity contribution in [1.82, 2.24) is 0 Å². The first-order valence-electron chi connectivity index (χ1n) is 10.1. The lowest BCUT2D eigenvalue weighted by Crippen LogP contribution is -2.15.